The van der Waals surface area contributed by atoms with E-state index in [-0.39, 0.29) is 15.5 Å². The minimum Gasteiger partial charge on any atom is -0.462 e. The van der Waals surface area contributed by atoms with Gasteiger partial charge in [0.2, 0.25) is 0 Å². The van der Waals surface area contributed by atoms with E-state index in [0.29, 0.717) is 12.2 Å². The molecule has 20 heavy (non-hydrogen) atoms. The average molecular weight is 339 g/mol. The van der Waals surface area contributed by atoms with Crippen LogP contribution < -0.4 is 0 Å². The van der Waals surface area contributed by atoms with Gasteiger partial charge in [-0.1, -0.05) is 31.4 Å². The first-order valence-electron chi connectivity index (χ1n) is 6.19. The first kappa shape index (κ1) is 17.3. The molecule has 0 heterocycles. The van der Waals surface area contributed by atoms with Crippen molar-refractivity contribution in [1.82, 2.24) is 0 Å². The molecule has 0 spiro atoms. The van der Waals surface area contributed by atoms with Gasteiger partial charge in [-0.3, -0.25) is 0 Å². The normalized spacial score (nSPS) is 11.4. The Morgan fingerprint density at radius 2 is 1.95 bits per heavy atom. The molecule has 0 aliphatic heterocycles. The average Bonchev–Trinajstić information content (AvgIpc) is 2.36. The van der Waals surface area contributed by atoms with E-state index in [1.165, 1.54) is 6.07 Å². The van der Waals surface area contributed by atoms with Crippen LogP contribution in [0.4, 0.5) is 0 Å². The van der Waals surface area contributed by atoms with Crippen molar-refractivity contribution in [1.29, 1.82) is 0 Å². The van der Waals surface area contributed by atoms with Crippen molar-refractivity contribution < 1.29 is 17.9 Å². The van der Waals surface area contributed by atoms with Crippen LogP contribution in [-0.2, 0) is 13.8 Å². The van der Waals surface area contributed by atoms with Crippen LogP contribution in [0.2, 0.25) is 5.02 Å². The Morgan fingerprint density at radius 3 is 2.50 bits per heavy atom. The molecule has 0 bridgehead atoms. The summed E-state index contributed by atoms with van der Waals surface area (Å²) in [6, 6.07) is 2.62. The lowest BCUT2D eigenvalue weighted by Gasteiger charge is -2.09. The van der Waals surface area contributed by atoms with Gasteiger partial charge in [0, 0.05) is 10.7 Å². The van der Waals surface area contributed by atoms with E-state index in [1.807, 2.05) is 6.92 Å². The third-order valence-corrected chi connectivity index (χ3v) is 4.66. The molecule has 0 atom stereocenters. The van der Waals surface area contributed by atoms with Crippen molar-refractivity contribution in [3.8, 4) is 0 Å². The molecule has 0 aliphatic carbocycles. The van der Waals surface area contributed by atoms with Crippen molar-refractivity contribution in [2.24, 2.45) is 0 Å². The number of rotatable bonds is 6. The molecule has 1 aromatic rings. The van der Waals surface area contributed by atoms with E-state index < -0.39 is 15.0 Å². The number of hydrogen-bond donors (Lipinski definition) is 0. The molecule has 0 saturated carbocycles. The standard InChI is InChI=1S/C13H16Cl2O4S/c1-3-4-5-6-19-13(16)10-7-9(2)12(14)11(8-10)20(15,17)18/h7-8H,3-6H2,1-2H3. The van der Waals surface area contributed by atoms with E-state index in [1.54, 1.807) is 6.92 Å². The third kappa shape index (κ3) is 4.65. The molecule has 0 saturated heterocycles. The number of aryl methyl sites for hydroxylation is 1. The summed E-state index contributed by atoms with van der Waals surface area (Å²) < 4.78 is 27.9. The van der Waals surface area contributed by atoms with Crippen molar-refractivity contribution in [3.05, 3.63) is 28.3 Å². The maximum Gasteiger partial charge on any atom is 0.338 e. The molecule has 0 fully saturated rings. The summed E-state index contributed by atoms with van der Waals surface area (Å²) in [5.74, 6) is -0.581. The Balaban J connectivity index is 2.97. The summed E-state index contributed by atoms with van der Waals surface area (Å²) >= 11 is 5.88. The first-order chi connectivity index (χ1) is 9.27. The number of carbonyl (C=O) groups excluding carboxylic acids is 1. The van der Waals surface area contributed by atoms with Gasteiger partial charge in [0.1, 0.15) is 4.90 Å². The molecule has 0 aromatic heterocycles. The second-order valence-electron chi connectivity index (χ2n) is 4.39. The highest BCUT2D eigenvalue weighted by molar-refractivity contribution is 8.13. The van der Waals surface area contributed by atoms with Crippen molar-refractivity contribution >= 4 is 37.3 Å². The Hall–Kier alpha value is -0.780. The van der Waals surface area contributed by atoms with Gasteiger partial charge in [0.15, 0.2) is 0 Å². The summed E-state index contributed by atoms with van der Waals surface area (Å²) in [4.78, 5) is 11.6. The zero-order valence-corrected chi connectivity index (χ0v) is 13.6. The van der Waals surface area contributed by atoms with Gasteiger partial charge >= 0.3 is 5.97 Å². The fourth-order valence-corrected chi connectivity index (χ4v) is 3.17. The van der Waals surface area contributed by atoms with Crippen LogP contribution in [0.25, 0.3) is 0 Å². The number of halogens is 2. The minimum absolute atomic E-state index is 0.0162. The maximum atomic E-state index is 11.8. The van der Waals surface area contributed by atoms with E-state index in [4.69, 9.17) is 27.0 Å². The molecule has 0 radical (unpaired) electrons. The van der Waals surface area contributed by atoms with Gasteiger partial charge in [0.25, 0.3) is 9.05 Å². The number of carbonyl (C=O) groups is 1. The maximum absolute atomic E-state index is 11.8. The van der Waals surface area contributed by atoms with Gasteiger partial charge in [0.05, 0.1) is 17.2 Å². The van der Waals surface area contributed by atoms with Gasteiger partial charge < -0.3 is 4.74 Å². The monoisotopic (exact) mass is 338 g/mol. The second kappa shape index (κ2) is 7.29. The minimum atomic E-state index is -4.01. The number of unbranched alkanes of at least 4 members (excludes halogenated alkanes) is 2. The number of esters is 1. The van der Waals surface area contributed by atoms with E-state index in [0.717, 1.165) is 25.3 Å². The van der Waals surface area contributed by atoms with Crippen LogP contribution in [0.5, 0.6) is 0 Å². The van der Waals surface area contributed by atoms with E-state index in [9.17, 15) is 13.2 Å². The fraction of sp³-hybridized carbons (Fsp3) is 0.462. The predicted octanol–water partition coefficient (Wildman–Crippen LogP) is 3.92. The second-order valence-corrected chi connectivity index (χ2v) is 7.30. The quantitative estimate of drug-likeness (QED) is 0.448. The molecule has 112 valence electrons. The molecule has 7 heteroatoms. The SMILES string of the molecule is CCCCCOC(=O)c1cc(C)c(Cl)c(S(=O)(=O)Cl)c1. The molecular weight excluding hydrogens is 323 g/mol. The smallest absolute Gasteiger partial charge is 0.338 e. The highest BCUT2D eigenvalue weighted by atomic mass is 35.7. The Labute approximate surface area is 128 Å². The van der Waals surface area contributed by atoms with Crippen LogP contribution in [0.1, 0.15) is 42.1 Å². The summed E-state index contributed by atoms with van der Waals surface area (Å²) in [7, 11) is 1.29. The molecular formula is C13H16Cl2O4S. The zero-order chi connectivity index (χ0) is 15.3. The fourth-order valence-electron chi connectivity index (χ4n) is 1.63. The lowest BCUT2D eigenvalue weighted by atomic mass is 10.1. The number of hydrogen-bond acceptors (Lipinski definition) is 4. The molecule has 0 N–H and O–H groups in total. The van der Waals surface area contributed by atoms with Gasteiger partial charge in [-0.25, -0.2) is 13.2 Å². The molecule has 0 aliphatic rings. The summed E-state index contributed by atoms with van der Waals surface area (Å²) in [5, 5.41) is 0.0162. The Kier molecular flexibility index (Phi) is 6.30. The summed E-state index contributed by atoms with van der Waals surface area (Å²) in [6.45, 7) is 3.95. The lowest BCUT2D eigenvalue weighted by molar-refractivity contribution is 0.0498. The zero-order valence-electron chi connectivity index (χ0n) is 11.3. The van der Waals surface area contributed by atoms with Gasteiger partial charge in [-0.2, -0.15) is 0 Å². The van der Waals surface area contributed by atoms with Crippen LogP contribution in [0.3, 0.4) is 0 Å². The van der Waals surface area contributed by atoms with Crippen LogP contribution in [0, 0.1) is 6.92 Å². The summed E-state index contributed by atoms with van der Waals surface area (Å²) in [6.07, 6.45) is 2.76. The van der Waals surface area contributed by atoms with Gasteiger partial charge in [-0.15, -0.1) is 0 Å². The topological polar surface area (TPSA) is 60.4 Å². The lowest BCUT2D eigenvalue weighted by Crippen LogP contribution is -2.08. The molecule has 0 unspecified atom stereocenters. The van der Waals surface area contributed by atoms with Gasteiger partial charge in [-0.05, 0) is 31.0 Å². The van der Waals surface area contributed by atoms with Crippen LogP contribution in [0.15, 0.2) is 17.0 Å². The van der Waals surface area contributed by atoms with Crippen LogP contribution in [-0.4, -0.2) is 21.0 Å². The largest absolute Gasteiger partial charge is 0.462 e. The third-order valence-electron chi connectivity index (χ3n) is 2.70. The Morgan fingerprint density at radius 1 is 1.30 bits per heavy atom. The molecule has 1 rings (SSSR count). The van der Waals surface area contributed by atoms with Crippen molar-refractivity contribution in [2.45, 2.75) is 38.0 Å². The summed E-state index contributed by atoms with van der Waals surface area (Å²) in [5.41, 5.74) is 0.580. The van der Waals surface area contributed by atoms with Crippen molar-refractivity contribution in [3.63, 3.8) is 0 Å². The van der Waals surface area contributed by atoms with E-state index in [2.05, 4.69) is 0 Å². The Bertz CT molecular complexity index is 597. The van der Waals surface area contributed by atoms with Crippen molar-refractivity contribution in [2.75, 3.05) is 6.61 Å². The highest BCUT2D eigenvalue weighted by Gasteiger charge is 2.20. The van der Waals surface area contributed by atoms with Crippen LogP contribution >= 0.6 is 22.3 Å². The molecule has 1 aromatic carbocycles. The molecule has 4 nitrogen and oxygen atoms in total. The predicted molar refractivity (Wildman–Crippen MR) is 79.0 cm³/mol. The van der Waals surface area contributed by atoms with E-state index >= 15 is 0 Å². The highest BCUT2D eigenvalue weighted by Crippen LogP contribution is 2.29. The first-order valence-corrected chi connectivity index (χ1v) is 8.88. The number of benzene rings is 1. The molecule has 0 amide bonds. The number of ether oxygens (including phenoxy) is 1.